The third-order valence-electron chi connectivity index (χ3n) is 4.79. The van der Waals surface area contributed by atoms with Crippen LogP contribution in [-0.4, -0.2) is 48.1 Å². The molecule has 160 valence electrons. The van der Waals surface area contributed by atoms with Gasteiger partial charge in [0.2, 0.25) is 0 Å². The molecule has 0 amide bonds. The van der Waals surface area contributed by atoms with E-state index in [0.717, 1.165) is 47.5 Å². The Balaban J connectivity index is 0.00000300. The summed E-state index contributed by atoms with van der Waals surface area (Å²) < 4.78 is 13.1. The van der Waals surface area contributed by atoms with E-state index in [1.807, 2.05) is 6.07 Å². The van der Waals surface area contributed by atoms with E-state index in [4.69, 9.17) is 9.47 Å². The van der Waals surface area contributed by atoms with Gasteiger partial charge in [0.25, 0.3) is 0 Å². The molecule has 1 aliphatic rings. The van der Waals surface area contributed by atoms with Crippen LogP contribution in [0.2, 0.25) is 0 Å². The van der Waals surface area contributed by atoms with E-state index in [0.29, 0.717) is 26.3 Å². The summed E-state index contributed by atoms with van der Waals surface area (Å²) in [6.45, 7) is 5.35. The number of rotatable bonds is 8. The lowest BCUT2D eigenvalue weighted by Crippen LogP contribution is -2.37. The van der Waals surface area contributed by atoms with Crippen LogP contribution in [0.3, 0.4) is 0 Å². The lowest BCUT2D eigenvalue weighted by molar-refractivity contribution is 0.145. The molecule has 1 aliphatic heterocycles. The van der Waals surface area contributed by atoms with Crippen molar-refractivity contribution in [2.24, 2.45) is 4.99 Å². The molecule has 0 atom stereocenters. The van der Waals surface area contributed by atoms with Gasteiger partial charge in [0.15, 0.2) is 11.8 Å². The van der Waals surface area contributed by atoms with Gasteiger partial charge in [-0.2, -0.15) is 0 Å². The zero-order valence-corrected chi connectivity index (χ0v) is 19.7. The molecule has 0 aliphatic carbocycles. The zero-order chi connectivity index (χ0) is 19.8. The average molecular weight is 514 g/mol. The van der Waals surface area contributed by atoms with Gasteiger partial charge in [-0.1, -0.05) is 12.1 Å². The number of aliphatic imine (C=N–C) groups is 1. The highest BCUT2D eigenvalue weighted by Crippen LogP contribution is 2.20. The predicted octanol–water partition coefficient (Wildman–Crippen LogP) is 2.43. The molecule has 29 heavy (non-hydrogen) atoms. The molecule has 2 heterocycles. The summed E-state index contributed by atoms with van der Waals surface area (Å²) in [4.78, 5) is 4.31. The van der Waals surface area contributed by atoms with E-state index >= 15 is 0 Å². The van der Waals surface area contributed by atoms with Crippen molar-refractivity contribution in [3.63, 3.8) is 0 Å². The Bertz CT molecular complexity index is 808. The summed E-state index contributed by atoms with van der Waals surface area (Å²) in [5.41, 5.74) is 2.24. The van der Waals surface area contributed by atoms with Gasteiger partial charge in [-0.25, -0.2) is 0 Å². The molecule has 0 saturated heterocycles. The molecule has 2 aromatic rings. The van der Waals surface area contributed by atoms with Gasteiger partial charge >= 0.3 is 0 Å². The van der Waals surface area contributed by atoms with Crippen molar-refractivity contribution in [3.05, 3.63) is 41.0 Å². The lowest BCUT2D eigenvalue weighted by atomic mass is 10.1. The van der Waals surface area contributed by atoms with Gasteiger partial charge in [-0.3, -0.25) is 4.99 Å². The number of hydrogen-bond donors (Lipinski definition) is 2. The van der Waals surface area contributed by atoms with Crippen molar-refractivity contribution in [1.29, 1.82) is 0 Å². The molecule has 0 bridgehead atoms. The Morgan fingerprint density at radius 2 is 2.00 bits per heavy atom. The monoisotopic (exact) mass is 514 g/mol. The van der Waals surface area contributed by atoms with Gasteiger partial charge in [-0.05, 0) is 31.4 Å². The maximum atomic E-state index is 5.86. The van der Waals surface area contributed by atoms with Gasteiger partial charge < -0.3 is 24.7 Å². The summed E-state index contributed by atoms with van der Waals surface area (Å²) in [5, 5.41) is 15.3. The van der Waals surface area contributed by atoms with Crippen molar-refractivity contribution in [3.8, 4) is 5.75 Å². The molecule has 8 nitrogen and oxygen atoms in total. The van der Waals surface area contributed by atoms with Crippen LogP contribution in [-0.2, 0) is 30.8 Å². The maximum Gasteiger partial charge on any atom is 0.191 e. The minimum absolute atomic E-state index is 0. The molecule has 3 rings (SSSR count). The van der Waals surface area contributed by atoms with Crippen LogP contribution in [0.1, 0.15) is 35.6 Å². The van der Waals surface area contributed by atoms with E-state index < -0.39 is 0 Å². The smallest absolute Gasteiger partial charge is 0.191 e. The molecule has 2 N–H and O–H groups in total. The first-order valence-electron chi connectivity index (χ1n) is 9.78. The maximum absolute atomic E-state index is 5.86. The van der Waals surface area contributed by atoms with Crippen molar-refractivity contribution in [2.45, 2.75) is 45.8 Å². The number of fused-ring (bicyclic) bond motifs is 1. The molecule has 0 fully saturated rings. The number of nitrogens with one attached hydrogen (secondary N) is 2. The van der Waals surface area contributed by atoms with Gasteiger partial charge in [0.1, 0.15) is 18.2 Å². The lowest BCUT2D eigenvalue weighted by Gasteiger charge is -2.17. The first kappa shape index (κ1) is 23.4. The molecule has 9 heteroatoms. The Morgan fingerprint density at radius 1 is 1.17 bits per heavy atom. The summed E-state index contributed by atoms with van der Waals surface area (Å²) in [6.07, 6.45) is 3.39. The first-order chi connectivity index (χ1) is 13.7. The number of aryl methyl sites for hydroxylation is 2. The van der Waals surface area contributed by atoms with Crippen LogP contribution in [0, 0.1) is 6.92 Å². The topological polar surface area (TPSA) is 85.6 Å². The molecule has 0 unspecified atom stereocenters. The fraction of sp³-hybridized carbons (Fsp3) is 0.550. The third-order valence-corrected chi connectivity index (χ3v) is 4.79. The van der Waals surface area contributed by atoms with E-state index in [1.54, 1.807) is 14.2 Å². The first-order valence-corrected chi connectivity index (χ1v) is 9.78. The van der Waals surface area contributed by atoms with Crippen LogP contribution >= 0.6 is 24.0 Å². The molecular formula is C20H31IN6O2. The molecule has 1 aromatic carbocycles. The van der Waals surface area contributed by atoms with Crippen molar-refractivity contribution >= 4 is 29.9 Å². The van der Waals surface area contributed by atoms with E-state index in [2.05, 4.69) is 49.4 Å². The fourth-order valence-corrected chi connectivity index (χ4v) is 3.24. The fourth-order valence-electron chi connectivity index (χ4n) is 3.24. The Hall–Kier alpha value is -1.88. The largest absolute Gasteiger partial charge is 0.491 e. The van der Waals surface area contributed by atoms with Crippen molar-refractivity contribution in [2.75, 3.05) is 27.4 Å². The molecule has 1 aromatic heterocycles. The predicted molar refractivity (Wildman–Crippen MR) is 124 cm³/mol. The van der Waals surface area contributed by atoms with Crippen LogP contribution in [0.15, 0.2) is 23.2 Å². The quantitative estimate of drug-likeness (QED) is 0.244. The third kappa shape index (κ3) is 6.56. The minimum atomic E-state index is 0. The number of hydrogen-bond acceptors (Lipinski definition) is 5. The number of nitrogens with zero attached hydrogens (tertiary/aromatic N) is 4. The zero-order valence-electron chi connectivity index (χ0n) is 17.4. The van der Waals surface area contributed by atoms with Crippen molar-refractivity contribution < 1.29 is 9.47 Å². The van der Waals surface area contributed by atoms with E-state index in [1.165, 1.54) is 12.8 Å². The highest BCUT2D eigenvalue weighted by Gasteiger charge is 2.15. The number of guanidine groups is 1. The highest BCUT2D eigenvalue weighted by molar-refractivity contribution is 14.0. The summed E-state index contributed by atoms with van der Waals surface area (Å²) >= 11 is 0. The SMILES string of the molecule is CN=C(NCc1ccc(C)cc1OCCOC)NCc1nnc2n1CCCC2.I. The molecule has 0 radical (unpaired) electrons. The molecule has 0 saturated carbocycles. The molecule has 0 spiro atoms. The van der Waals surface area contributed by atoms with Crippen LogP contribution in [0.5, 0.6) is 5.75 Å². The summed E-state index contributed by atoms with van der Waals surface area (Å²) in [5.74, 6) is 3.63. The van der Waals surface area contributed by atoms with E-state index in [-0.39, 0.29) is 24.0 Å². The second kappa shape index (κ2) is 12.0. The van der Waals surface area contributed by atoms with E-state index in [9.17, 15) is 0 Å². The Kier molecular flexibility index (Phi) is 9.65. The number of methoxy groups -OCH3 is 1. The van der Waals surface area contributed by atoms with Crippen LogP contribution < -0.4 is 15.4 Å². The second-order valence-electron chi connectivity index (χ2n) is 6.87. The second-order valence-corrected chi connectivity index (χ2v) is 6.87. The van der Waals surface area contributed by atoms with Crippen LogP contribution in [0.4, 0.5) is 0 Å². The van der Waals surface area contributed by atoms with Gasteiger partial charge in [-0.15, -0.1) is 34.2 Å². The van der Waals surface area contributed by atoms with Gasteiger partial charge in [0.05, 0.1) is 13.2 Å². The normalized spacial score (nSPS) is 13.4. The van der Waals surface area contributed by atoms with Gasteiger partial charge in [0, 0.05) is 39.2 Å². The average Bonchev–Trinajstić information content (AvgIpc) is 3.13. The highest BCUT2D eigenvalue weighted by atomic mass is 127. The summed E-state index contributed by atoms with van der Waals surface area (Å²) in [6, 6.07) is 6.21. The number of aromatic nitrogens is 3. The van der Waals surface area contributed by atoms with Crippen LogP contribution in [0.25, 0.3) is 0 Å². The standard InChI is InChI=1S/C20H30N6O2.HI/c1-15-7-8-16(17(12-15)28-11-10-27-3)13-22-20(21-2)23-14-19-25-24-18-6-4-5-9-26(18)19;/h7-8,12H,4-6,9-11,13-14H2,1-3H3,(H2,21,22,23);1H. The minimum Gasteiger partial charge on any atom is -0.491 e. The number of ether oxygens (including phenoxy) is 2. The molecular weight excluding hydrogens is 483 g/mol. The number of benzene rings is 1. The van der Waals surface area contributed by atoms with Crippen molar-refractivity contribution in [1.82, 2.24) is 25.4 Å². The Morgan fingerprint density at radius 3 is 2.79 bits per heavy atom. The summed E-state index contributed by atoms with van der Waals surface area (Å²) in [7, 11) is 3.43. The Labute approximate surface area is 189 Å². The number of halogens is 1.